The van der Waals surface area contributed by atoms with Crippen LogP contribution in [0.15, 0.2) is 24.8 Å². The van der Waals surface area contributed by atoms with E-state index < -0.39 is 5.97 Å². The van der Waals surface area contributed by atoms with Gasteiger partial charge < -0.3 is 10.4 Å². The van der Waals surface area contributed by atoms with Crippen LogP contribution in [0.4, 0.5) is 5.82 Å². The van der Waals surface area contributed by atoms with E-state index in [2.05, 4.69) is 16.9 Å². The number of aryl methyl sites for hydroxylation is 1. The van der Waals surface area contributed by atoms with E-state index in [4.69, 9.17) is 5.11 Å². The lowest BCUT2D eigenvalue weighted by molar-refractivity contribution is 0.0696. The van der Waals surface area contributed by atoms with Gasteiger partial charge in [0.15, 0.2) is 0 Å². The van der Waals surface area contributed by atoms with Gasteiger partial charge in [0.1, 0.15) is 5.82 Å². The maximum Gasteiger partial charge on any atom is 0.335 e. The van der Waals surface area contributed by atoms with E-state index in [1.54, 1.807) is 18.2 Å². The second-order valence-corrected chi connectivity index (χ2v) is 3.40. The summed E-state index contributed by atoms with van der Waals surface area (Å²) in [7, 11) is 0. The highest BCUT2D eigenvalue weighted by atomic mass is 16.4. The van der Waals surface area contributed by atoms with Crippen LogP contribution in [0.5, 0.6) is 0 Å². The molecule has 0 fully saturated rings. The molecule has 16 heavy (non-hydrogen) atoms. The summed E-state index contributed by atoms with van der Waals surface area (Å²) in [6.45, 7) is 6.27. The Morgan fingerprint density at radius 2 is 2.38 bits per heavy atom. The molecule has 0 spiro atoms. The third-order valence-corrected chi connectivity index (χ3v) is 2.14. The number of nitrogens with zero attached hydrogens (tertiary/aromatic N) is 1. The third-order valence-electron chi connectivity index (χ3n) is 2.14. The van der Waals surface area contributed by atoms with Gasteiger partial charge in [0.2, 0.25) is 0 Å². The normalized spacial score (nSPS) is 9.81. The Morgan fingerprint density at radius 1 is 1.62 bits per heavy atom. The number of carbonyl (C=O) groups is 1. The van der Waals surface area contributed by atoms with Gasteiger partial charge in [-0.3, -0.25) is 0 Å². The fourth-order valence-electron chi connectivity index (χ4n) is 1.29. The van der Waals surface area contributed by atoms with E-state index in [1.165, 1.54) is 0 Å². The van der Waals surface area contributed by atoms with Crippen molar-refractivity contribution in [3.63, 3.8) is 0 Å². The number of pyridine rings is 1. The Labute approximate surface area is 95.0 Å². The van der Waals surface area contributed by atoms with Crippen molar-refractivity contribution in [3.8, 4) is 0 Å². The van der Waals surface area contributed by atoms with E-state index in [9.17, 15) is 4.79 Å². The van der Waals surface area contributed by atoms with Crippen molar-refractivity contribution in [2.45, 2.75) is 19.8 Å². The van der Waals surface area contributed by atoms with Crippen LogP contribution in [0.1, 0.15) is 29.4 Å². The number of anilines is 1. The molecule has 0 atom stereocenters. The minimum absolute atomic E-state index is 0.271. The van der Waals surface area contributed by atoms with Gasteiger partial charge in [0.25, 0.3) is 0 Å². The molecular formula is C12H16N2O2. The van der Waals surface area contributed by atoms with E-state index in [0.29, 0.717) is 12.4 Å². The number of aromatic nitrogens is 1. The van der Waals surface area contributed by atoms with Gasteiger partial charge in [-0.05, 0) is 25.0 Å². The van der Waals surface area contributed by atoms with Gasteiger partial charge in [-0.15, -0.1) is 6.58 Å². The van der Waals surface area contributed by atoms with Gasteiger partial charge in [-0.2, -0.15) is 0 Å². The summed E-state index contributed by atoms with van der Waals surface area (Å²) in [5.41, 5.74) is 1.05. The van der Waals surface area contributed by atoms with E-state index >= 15 is 0 Å². The molecular weight excluding hydrogens is 204 g/mol. The molecule has 0 saturated heterocycles. The number of nitrogens with one attached hydrogen (secondary N) is 1. The fourth-order valence-corrected chi connectivity index (χ4v) is 1.29. The molecule has 0 aliphatic rings. The molecule has 0 unspecified atom stereocenters. The van der Waals surface area contributed by atoms with E-state index in [0.717, 1.165) is 18.5 Å². The SMILES string of the molecule is C=CCCNc1cc(C(=O)O)cc(CC)n1. The van der Waals surface area contributed by atoms with Gasteiger partial charge in [0, 0.05) is 12.2 Å². The molecule has 2 N–H and O–H groups in total. The summed E-state index contributed by atoms with van der Waals surface area (Å²) < 4.78 is 0. The largest absolute Gasteiger partial charge is 0.478 e. The zero-order valence-electron chi connectivity index (χ0n) is 9.36. The van der Waals surface area contributed by atoms with Gasteiger partial charge in [-0.1, -0.05) is 13.0 Å². The van der Waals surface area contributed by atoms with E-state index in [1.807, 2.05) is 6.92 Å². The maximum absolute atomic E-state index is 10.9. The molecule has 1 heterocycles. The second kappa shape index (κ2) is 5.90. The Balaban J connectivity index is 2.86. The van der Waals surface area contributed by atoms with Crippen LogP contribution in [-0.4, -0.2) is 22.6 Å². The molecule has 0 bridgehead atoms. The highest BCUT2D eigenvalue weighted by Crippen LogP contribution is 2.11. The molecule has 0 aliphatic carbocycles. The Hall–Kier alpha value is -1.84. The standard InChI is InChI=1S/C12H16N2O2/c1-3-5-6-13-11-8-9(12(15)16)7-10(4-2)14-11/h3,7-8H,1,4-6H2,2H3,(H,13,14)(H,15,16). The van der Waals surface area contributed by atoms with Crippen molar-refractivity contribution in [3.05, 3.63) is 36.0 Å². The second-order valence-electron chi connectivity index (χ2n) is 3.40. The van der Waals surface area contributed by atoms with Gasteiger partial charge in [-0.25, -0.2) is 9.78 Å². The molecule has 1 aromatic heterocycles. The average Bonchev–Trinajstić information content (AvgIpc) is 2.29. The Kier molecular flexibility index (Phi) is 4.51. The van der Waals surface area contributed by atoms with Crippen molar-refractivity contribution in [1.29, 1.82) is 0 Å². The smallest absolute Gasteiger partial charge is 0.335 e. The highest BCUT2D eigenvalue weighted by Gasteiger charge is 2.07. The van der Waals surface area contributed by atoms with E-state index in [-0.39, 0.29) is 5.56 Å². The van der Waals surface area contributed by atoms with Crippen LogP contribution < -0.4 is 5.32 Å². The molecule has 0 amide bonds. The predicted octanol–water partition coefficient (Wildman–Crippen LogP) is 2.33. The highest BCUT2D eigenvalue weighted by molar-refractivity contribution is 5.88. The molecule has 1 rings (SSSR count). The molecule has 1 aromatic rings. The summed E-state index contributed by atoms with van der Waals surface area (Å²) >= 11 is 0. The number of carboxylic acids is 1. The lowest BCUT2D eigenvalue weighted by atomic mass is 10.2. The van der Waals surface area contributed by atoms with Crippen LogP contribution in [-0.2, 0) is 6.42 Å². The first-order chi connectivity index (χ1) is 7.67. The topological polar surface area (TPSA) is 62.2 Å². The number of carboxylic acid groups (broad SMARTS) is 1. The van der Waals surface area contributed by atoms with Gasteiger partial charge >= 0.3 is 5.97 Å². The van der Waals surface area contributed by atoms with Crippen LogP contribution in [0, 0.1) is 0 Å². The number of aromatic carboxylic acids is 1. The number of rotatable bonds is 6. The summed E-state index contributed by atoms with van der Waals surface area (Å²) in [6.07, 6.45) is 3.34. The van der Waals surface area contributed by atoms with Crippen LogP contribution in [0.25, 0.3) is 0 Å². The van der Waals surface area contributed by atoms with Gasteiger partial charge in [0.05, 0.1) is 5.56 Å². The molecule has 4 heteroatoms. The minimum Gasteiger partial charge on any atom is -0.478 e. The summed E-state index contributed by atoms with van der Waals surface area (Å²) in [5.74, 6) is -0.317. The predicted molar refractivity (Wildman–Crippen MR) is 63.9 cm³/mol. The molecule has 0 saturated carbocycles. The Bertz CT molecular complexity index is 389. The Morgan fingerprint density at radius 3 is 2.94 bits per heavy atom. The first kappa shape index (κ1) is 12.2. The lowest BCUT2D eigenvalue weighted by Crippen LogP contribution is -2.07. The minimum atomic E-state index is -0.927. The summed E-state index contributed by atoms with van der Waals surface area (Å²) in [5, 5.41) is 12.0. The van der Waals surface area contributed by atoms with Crippen molar-refractivity contribution < 1.29 is 9.90 Å². The van der Waals surface area contributed by atoms with Crippen molar-refractivity contribution in [2.75, 3.05) is 11.9 Å². The van der Waals surface area contributed by atoms with Crippen LogP contribution in [0.2, 0.25) is 0 Å². The lowest BCUT2D eigenvalue weighted by Gasteiger charge is -2.07. The molecule has 4 nitrogen and oxygen atoms in total. The van der Waals surface area contributed by atoms with Crippen LogP contribution in [0.3, 0.4) is 0 Å². The monoisotopic (exact) mass is 220 g/mol. The molecule has 0 aromatic carbocycles. The number of hydrogen-bond acceptors (Lipinski definition) is 3. The zero-order valence-corrected chi connectivity index (χ0v) is 9.36. The maximum atomic E-state index is 10.9. The first-order valence-corrected chi connectivity index (χ1v) is 5.26. The first-order valence-electron chi connectivity index (χ1n) is 5.26. The van der Waals surface area contributed by atoms with Crippen molar-refractivity contribution in [2.24, 2.45) is 0 Å². The zero-order chi connectivity index (χ0) is 12.0. The van der Waals surface area contributed by atoms with Crippen molar-refractivity contribution >= 4 is 11.8 Å². The molecule has 0 radical (unpaired) electrons. The van der Waals surface area contributed by atoms with Crippen LogP contribution >= 0.6 is 0 Å². The quantitative estimate of drug-likeness (QED) is 0.570. The average molecular weight is 220 g/mol. The molecule has 0 aliphatic heterocycles. The third kappa shape index (κ3) is 3.38. The molecule has 86 valence electrons. The summed E-state index contributed by atoms with van der Waals surface area (Å²) in [4.78, 5) is 15.2. The van der Waals surface area contributed by atoms with Crippen molar-refractivity contribution in [1.82, 2.24) is 4.98 Å². The fraction of sp³-hybridized carbons (Fsp3) is 0.333. The number of hydrogen-bond donors (Lipinski definition) is 2. The summed E-state index contributed by atoms with van der Waals surface area (Å²) in [6, 6.07) is 3.14.